The Labute approximate surface area is 162 Å². The van der Waals surface area contributed by atoms with E-state index < -0.39 is 10.0 Å². The molecule has 0 aliphatic rings. The van der Waals surface area contributed by atoms with Gasteiger partial charge in [-0.1, -0.05) is 35.3 Å². The fraction of sp³-hybridized carbons (Fsp3) is 0.235. The molecule has 140 valence electrons. The first kappa shape index (κ1) is 20.5. The molecule has 26 heavy (non-hydrogen) atoms. The second-order valence-corrected chi connectivity index (χ2v) is 7.81. The summed E-state index contributed by atoms with van der Waals surface area (Å²) in [6, 6.07) is 10.9. The first-order valence-electron chi connectivity index (χ1n) is 7.80. The van der Waals surface area contributed by atoms with Crippen LogP contribution in [-0.2, 0) is 14.8 Å². The molecule has 0 unspecified atom stereocenters. The van der Waals surface area contributed by atoms with Crippen LogP contribution in [0.4, 0.5) is 5.69 Å². The predicted molar refractivity (Wildman–Crippen MR) is 103 cm³/mol. The first-order valence-corrected chi connectivity index (χ1v) is 10.0. The van der Waals surface area contributed by atoms with Crippen molar-refractivity contribution < 1.29 is 17.9 Å². The van der Waals surface area contributed by atoms with Crippen LogP contribution in [-0.4, -0.2) is 27.5 Å². The molecule has 0 aliphatic heterocycles. The standard InChI is InChI=1S/C17H18Cl2N2O4S/c1-2-25-17-14(19)7-4-8-15(17)21-16(22)9-10-20-26(23,24)13-6-3-5-12(18)11-13/h3-8,11,20H,2,9-10H2,1H3,(H,21,22). The van der Waals surface area contributed by atoms with Gasteiger partial charge in [-0.25, -0.2) is 13.1 Å². The zero-order valence-corrected chi connectivity index (χ0v) is 16.3. The van der Waals surface area contributed by atoms with E-state index in [9.17, 15) is 13.2 Å². The van der Waals surface area contributed by atoms with Crippen molar-refractivity contribution in [2.75, 3.05) is 18.5 Å². The highest BCUT2D eigenvalue weighted by molar-refractivity contribution is 7.89. The fourth-order valence-electron chi connectivity index (χ4n) is 2.13. The number of hydrogen-bond acceptors (Lipinski definition) is 4. The molecule has 2 rings (SSSR count). The first-order chi connectivity index (χ1) is 12.3. The van der Waals surface area contributed by atoms with E-state index in [0.29, 0.717) is 28.1 Å². The molecule has 0 bridgehead atoms. The number of nitrogens with one attached hydrogen (secondary N) is 2. The lowest BCUT2D eigenvalue weighted by atomic mass is 10.2. The van der Waals surface area contributed by atoms with Crippen molar-refractivity contribution in [3.05, 3.63) is 52.5 Å². The summed E-state index contributed by atoms with van der Waals surface area (Å²) in [5.74, 6) is 0.00605. The number of halogens is 2. The van der Waals surface area contributed by atoms with Gasteiger partial charge in [0.05, 0.1) is 22.2 Å². The number of rotatable bonds is 8. The van der Waals surface area contributed by atoms with E-state index in [0.717, 1.165) is 0 Å². The topological polar surface area (TPSA) is 84.5 Å². The summed E-state index contributed by atoms with van der Waals surface area (Å²) in [6.45, 7) is 2.14. The number of carbonyl (C=O) groups is 1. The Hall–Kier alpha value is -1.80. The van der Waals surface area contributed by atoms with Crippen LogP contribution in [0.5, 0.6) is 5.75 Å². The average Bonchev–Trinajstić information content (AvgIpc) is 2.58. The molecular weight excluding hydrogens is 399 g/mol. The molecule has 0 aromatic heterocycles. The van der Waals surface area contributed by atoms with Gasteiger partial charge < -0.3 is 10.1 Å². The Morgan fingerprint density at radius 1 is 1.15 bits per heavy atom. The van der Waals surface area contributed by atoms with Gasteiger partial charge in [0.1, 0.15) is 0 Å². The number of ether oxygens (including phenoxy) is 1. The number of anilines is 1. The molecule has 6 nitrogen and oxygen atoms in total. The lowest BCUT2D eigenvalue weighted by Crippen LogP contribution is -2.28. The molecule has 2 aromatic rings. The maximum atomic E-state index is 12.2. The summed E-state index contributed by atoms with van der Waals surface area (Å²) in [6.07, 6.45) is -0.0577. The van der Waals surface area contributed by atoms with Crippen molar-refractivity contribution in [1.29, 1.82) is 0 Å². The minimum absolute atomic E-state index is 0.0406. The zero-order valence-electron chi connectivity index (χ0n) is 14.0. The number of hydrogen-bond donors (Lipinski definition) is 2. The van der Waals surface area contributed by atoms with Crippen molar-refractivity contribution in [1.82, 2.24) is 4.72 Å². The highest BCUT2D eigenvalue weighted by atomic mass is 35.5. The third kappa shape index (κ3) is 5.60. The van der Waals surface area contributed by atoms with Crippen molar-refractivity contribution in [3.63, 3.8) is 0 Å². The van der Waals surface area contributed by atoms with E-state index in [1.54, 1.807) is 31.2 Å². The maximum Gasteiger partial charge on any atom is 0.240 e. The van der Waals surface area contributed by atoms with Crippen LogP contribution in [0.1, 0.15) is 13.3 Å². The largest absolute Gasteiger partial charge is 0.490 e. The van der Waals surface area contributed by atoms with Crippen molar-refractivity contribution >= 4 is 44.8 Å². The van der Waals surface area contributed by atoms with Gasteiger partial charge in [0.15, 0.2) is 5.75 Å². The number of amides is 1. The summed E-state index contributed by atoms with van der Waals surface area (Å²) < 4.78 is 32.1. The van der Waals surface area contributed by atoms with Gasteiger partial charge in [0.25, 0.3) is 0 Å². The SMILES string of the molecule is CCOc1c(Cl)cccc1NC(=O)CCNS(=O)(=O)c1cccc(Cl)c1. The third-order valence-electron chi connectivity index (χ3n) is 3.28. The van der Waals surface area contributed by atoms with Crippen LogP contribution in [0.15, 0.2) is 47.4 Å². The lowest BCUT2D eigenvalue weighted by Gasteiger charge is -2.13. The van der Waals surface area contributed by atoms with Crippen LogP contribution in [0.25, 0.3) is 0 Å². The Kier molecular flexibility index (Phi) is 7.28. The van der Waals surface area contributed by atoms with Gasteiger partial charge in [0, 0.05) is 18.0 Å². The summed E-state index contributed by atoms with van der Waals surface area (Å²) in [5, 5.41) is 3.36. The van der Waals surface area contributed by atoms with Crippen molar-refractivity contribution in [3.8, 4) is 5.75 Å². The quantitative estimate of drug-likeness (QED) is 0.686. The van der Waals surface area contributed by atoms with Crippen LogP contribution < -0.4 is 14.8 Å². The van der Waals surface area contributed by atoms with Gasteiger partial charge in [-0.15, -0.1) is 0 Å². The smallest absolute Gasteiger partial charge is 0.240 e. The Morgan fingerprint density at radius 3 is 2.58 bits per heavy atom. The predicted octanol–water partition coefficient (Wildman–Crippen LogP) is 3.70. The lowest BCUT2D eigenvalue weighted by molar-refractivity contribution is -0.116. The Morgan fingerprint density at radius 2 is 1.88 bits per heavy atom. The van der Waals surface area contributed by atoms with Crippen LogP contribution in [0, 0.1) is 0 Å². The van der Waals surface area contributed by atoms with E-state index in [-0.39, 0.29) is 23.8 Å². The molecule has 0 radical (unpaired) electrons. The van der Waals surface area contributed by atoms with E-state index >= 15 is 0 Å². The van der Waals surface area contributed by atoms with Crippen LogP contribution in [0.3, 0.4) is 0 Å². The van der Waals surface area contributed by atoms with Crippen molar-refractivity contribution in [2.45, 2.75) is 18.2 Å². The van der Waals surface area contributed by atoms with Crippen LogP contribution in [0.2, 0.25) is 10.0 Å². The van der Waals surface area contributed by atoms with E-state index in [1.807, 2.05) is 0 Å². The maximum absolute atomic E-state index is 12.2. The zero-order chi connectivity index (χ0) is 19.2. The molecule has 0 heterocycles. The van der Waals surface area contributed by atoms with Crippen molar-refractivity contribution in [2.24, 2.45) is 0 Å². The van der Waals surface area contributed by atoms with E-state index in [4.69, 9.17) is 27.9 Å². The van der Waals surface area contributed by atoms with E-state index in [2.05, 4.69) is 10.0 Å². The molecule has 0 saturated heterocycles. The summed E-state index contributed by atoms with van der Waals surface area (Å²) in [5.41, 5.74) is 0.432. The molecule has 2 aromatic carbocycles. The summed E-state index contributed by atoms with van der Waals surface area (Å²) in [7, 11) is -3.74. The van der Waals surface area contributed by atoms with Gasteiger partial charge >= 0.3 is 0 Å². The average molecular weight is 417 g/mol. The highest BCUT2D eigenvalue weighted by Crippen LogP contribution is 2.32. The monoisotopic (exact) mass is 416 g/mol. The van der Waals surface area contributed by atoms with Gasteiger partial charge in [-0.05, 0) is 37.3 Å². The molecule has 0 fully saturated rings. The molecule has 1 amide bonds. The third-order valence-corrected chi connectivity index (χ3v) is 5.27. The molecular formula is C17H18Cl2N2O4S. The minimum atomic E-state index is -3.74. The minimum Gasteiger partial charge on any atom is -0.490 e. The Balaban J connectivity index is 1.95. The molecule has 0 spiro atoms. The molecule has 0 saturated carbocycles. The second-order valence-electron chi connectivity index (χ2n) is 5.20. The van der Waals surface area contributed by atoms with E-state index in [1.165, 1.54) is 18.2 Å². The van der Waals surface area contributed by atoms with Gasteiger partial charge in [0.2, 0.25) is 15.9 Å². The normalized spacial score (nSPS) is 11.2. The summed E-state index contributed by atoms with van der Waals surface area (Å²) in [4.78, 5) is 12.1. The Bertz CT molecular complexity index is 888. The molecule has 0 aliphatic carbocycles. The molecule has 2 N–H and O–H groups in total. The molecule has 0 atom stereocenters. The summed E-state index contributed by atoms with van der Waals surface area (Å²) >= 11 is 11.9. The number of benzene rings is 2. The van der Waals surface area contributed by atoms with Gasteiger partial charge in [-0.3, -0.25) is 4.79 Å². The highest BCUT2D eigenvalue weighted by Gasteiger charge is 2.15. The molecule has 9 heteroatoms. The van der Waals surface area contributed by atoms with Gasteiger partial charge in [-0.2, -0.15) is 0 Å². The number of sulfonamides is 1. The number of para-hydroxylation sites is 1. The van der Waals surface area contributed by atoms with Crippen LogP contribution >= 0.6 is 23.2 Å². The number of carbonyl (C=O) groups excluding carboxylic acids is 1. The second kappa shape index (κ2) is 9.23. The fourth-order valence-corrected chi connectivity index (χ4v) is 3.69.